The van der Waals surface area contributed by atoms with Crippen LogP contribution in [0.3, 0.4) is 0 Å². The molecule has 0 fully saturated rings. The van der Waals surface area contributed by atoms with Gasteiger partial charge in [-0.3, -0.25) is 0 Å². The van der Waals surface area contributed by atoms with Gasteiger partial charge in [-0.15, -0.1) is 0 Å². The summed E-state index contributed by atoms with van der Waals surface area (Å²) in [4.78, 5) is 21.3. The molecular weight excluding hydrogens is 174 g/mol. The molecular formula is C8H15NO4. The molecule has 5 nitrogen and oxygen atoms in total. The van der Waals surface area contributed by atoms with E-state index < -0.39 is 12.1 Å². The standard InChI is InChI=1S/C8H13NO4.H2/c1-6(2)7(10)13-5-4-9-8(11)12-3;/h1,4-5H2,2-3H3,(H,9,11);1H. The van der Waals surface area contributed by atoms with Crippen LogP contribution in [0.1, 0.15) is 8.35 Å². The van der Waals surface area contributed by atoms with Gasteiger partial charge in [0, 0.05) is 7.00 Å². The monoisotopic (exact) mass is 189 g/mol. The van der Waals surface area contributed by atoms with E-state index in [1.165, 1.54) is 7.11 Å². The van der Waals surface area contributed by atoms with Crippen LogP contribution in [0.25, 0.3) is 0 Å². The molecule has 0 spiro atoms. The third-order valence-electron chi connectivity index (χ3n) is 1.14. The fourth-order valence-electron chi connectivity index (χ4n) is 0.492. The van der Waals surface area contributed by atoms with Crippen molar-refractivity contribution < 1.29 is 20.5 Å². The number of methoxy groups -OCH3 is 1. The smallest absolute Gasteiger partial charge is 0.406 e. The lowest BCUT2D eigenvalue weighted by atomic mass is 10.4. The summed E-state index contributed by atoms with van der Waals surface area (Å²) in [6, 6.07) is 0. The second kappa shape index (κ2) is 6.05. The number of rotatable bonds is 4. The number of carbonyl (C=O) groups is 2. The molecule has 76 valence electrons. The van der Waals surface area contributed by atoms with Crippen molar-refractivity contribution in [2.24, 2.45) is 0 Å². The number of nitrogens with one attached hydrogen (secondary N) is 1. The van der Waals surface area contributed by atoms with Crippen molar-refractivity contribution in [3.8, 4) is 0 Å². The highest BCUT2D eigenvalue weighted by atomic mass is 16.5. The van der Waals surface area contributed by atoms with E-state index in [2.05, 4.69) is 21.4 Å². The molecule has 1 amide bonds. The Morgan fingerprint density at radius 2 is 2.15 bits per heavy atom. The summed E-state index contributed by atoms with van der Waals surface area (Å²) in [7, 11) is 1.26. The summed E-state index contributed by atoms with van der Waals surface area (Å²) in [5, 5.41) is 2.36. The number of alkyl carbamates (subject to hydrolysis) is 1. The molecule has 0 aliphatic heterocycles. The third-order valence-corrected chi connectivity index (χ3v) is 1.14. The van der Waals surface area contributed by atoms with E-state index in [4.69, 9.17) is 0 Å². The molecule has 0 aromatic carbocycles. The maximum atomic E-state index is 10.8. The first-order chi connectivity index (χ1) is 6.07. The van der Waals surface area contributed by atoms with E-state index in [1.54, 1.807) is 6.92 Å². The van der Waals surface area contributed by atoms with Gasteiger partial charge in [-0.25, -0.2) is 9.59 Å². The predicted octanol–water partition coefficient (Wildman–Crippen LogP) is 0.708. The Morgan fingerprint density at radius 3 is 2.62 bits per heavy atom. The predicted molar refractivity (Wildman–Crippen MR) is 48.3 cm³/mol. The van der Waals surface area contributed by atoms with E-state index in [0.717, 1.165) is 0 Å². The Kier molecular flexibility index (Phi) is 5.34. The van der Waals surface area contributed by atoms with Crippen molar-refractivity contribution in [1.82, 2.24) is 5.32 Å². The van der Waals surface area contributed by atoms with E-state index in [-0.39, 0.29) is 14.6 Å². The van der Waals surface area contributed by atoms with Crippen molar-refractivity contribution >= 4 is 12.1 Å². The summed E-state index contributed by atoms with van der Waals surface area (Å²) >= 11 is 0. The third kappa shape index (κ3) is 5.72. The summed E-state index contributed by atoms with van der Waals surface area (Å²) in [5.74, 6) is -0.466. The molecule has 0 aromatic rings. The Bertz CT molecular complexity index is 217. The van der Waals surface area contributed by atoms with E-state index >= 15 is 0 Å². The number of carbonyl (C=O) groups excluding carboxylic acids is 2. The normalized spacial score (nSPS) is 8.77. The molecule has 0 bridgehead atoms. The lowest BCUT2D eigenvalue weighted by molar-refractivity contribution is -0.138. The van der Waals surface area contributed by atoms with Gasteiger partial charge in [0.05, 0.1) is 13.7 Å². The molecule has 0 atom stereocenters. The van der Waals surface area contributed by atoms with Gasteiger partial charge in [-0.1, -0.05) is 6.58 Å². The van der Waals surface area contributed by atoms with Crippen molar-refractivity contribution in [3.63, 3.8) is 0 Å². The van der Waals surface area contributed by atoms with Crippen LogP contribution >= 0.6 is 0 Å². The molecule has 0 aromatic heterocycles. The maximum Gasteiger partial charge on any atom is 0.406 e. The molecule has 5 heteroatoms. The van der Waals surface area contributed by atoms with Crippen LogP contribution in [0, 0.1) is 0 Å². The topological polar surface area (TPSA) is 64.6 Å². The quantitative estimate of drug-likeness (QED) is 0.402. The van der Waals surface area contributed by atoms with E-state index in [1.807, 2.05) is 0 Å². The summed E-state index contributed by atoms with van der Waals surface area (Å²) < 4.78 is 8.99. The SMILES string of the molecule is C=C(C)C(=O)OCCNC(=O)OC.[HH]. The molecule has 0 rings (SSSR count). The highest BCUT2D eigenvalue weighted by Crippen LogP contribution is 1.90. The zero-order chi connectivity index (χ0) is 10.3. The van der Waals surface area contributed by atoms with Crippen molar-refractivity contribution in [2.45, 2.75) is 6.92 Å². The Hall–Kier alpha value is -1.52. The molecule has 0 aliphatic carbocycles. The van der Waals surface area contributed by atoms with E-state index in [9.17, 15) is 9.59 Å². The van der Waals surface area contributed by atoms with Gasteiger partial charge < -0.3 is 14.8 Å². The van der Waals surface area contributed by atoms with Gasteiger partial charge >= 0.3 is 12.1 Å². The van der Waals surface area contributed by atoms with Crippen LogP contribution in [0.4, 0.5) is 4.79 Å². The highest BCUT2D eigenvalue weighted by Gasteiger charge is 2.02. The minimum absolute atomic E-state index is 0. The van der Waals surface area contributed by atoms with E-state index in [0.29, 0.717) is 5.57 Å². The highest BCUT2D eigenvalue weighted by molar-refractivity contribution is 5.86. The molecule has 0 unspecified atom stereocenters. The minimum atomic E-state index is -0.550. The van der Waals surface area contributed by atoms with Gasteiger partial charge in [0.2, 0.25) is 0 Å². The van der Waals surface area contributed by atoms with Crippen molar-refractivity contribution in [1.29, 1.82) is 0 Å². The maximum absolute atomic E-state index is 10.8. The van der Waals surface area contributed by atoms with Crippen molar-refractivity contribution in [3.05, 3.63) is 12.2 Å². The van der Waals surface area contributed by atoms with Crippen molar-refractivity contribution in [2.75, 3.05) is 20.3 Å². The second-order valence-electron chi connectivity index (χ2n) is 2.33. The lowest BCUT2D eigenvalue weighted by Gasteiger charge is -2.04. The summed E-state index contributed by atoms with van der Waals surface area (Å²) in [5.41, 5.74) is 0.332. The van der Waals surface area contributed by atoms with Gasteiger partial charge in [-0.05, 0) is 6.92 Å². The lowest BCUT2D eigenvalue weighted by Crippen LogP contribution is -2.27. The average Bonchev–Trinajstić information content (AvgIpc) is 2.11. The van der Waals surface area contributed by atoms with Crippen LogP contribution < -0.4 is 5.32 Å². The first kappa shape index (κ1) is 11.5. The number of ether oxygens (including phenoxy) is 2. The second-order valence-corrected chi connectivity index (χ2v) is 2.33. The molecule has 13 heavy (non-hydrogen) atoms. The van der Waals surface area contributed by atoms with Gasteiger partial charge in [-0.2, -0.15) is 0 Å². The van der Waals surface area contributed by atoms with Gasteiger partial charge in [0.25, 0.3) is 0 Å². The Labute approximate surface area is 78.2 Å². The summed E-state index contributed by atoms with van der Waals surface area (Å²) in [6.07, 6.45) is -0.550. The Balaban J connectivity index is 0. The minimum Gasteiger partial charge on any atom is -0.460 e. The van der Waals surface area contributed by atoms with Crippen LogP contribution in [-0.4, -0.2) is 32.3 Å². The zero-order valence-electron chi connectivity index (χ0n) is 7.75. The van der Waals surface area contributed by atoms with Crippen LogP contribution in [-0.2, 0) is 14.3 Å². The first-order valence-corrected chi connectivity index (χ1v) is 3.72. The molecule has 0 heterocycles. The van der Waals surface area contributed by atoms with Gasteiger partial charge in [0.15, 0.2) is 0 Å². The molecule has 0 radical (unpaired) electrons. The number of hydrogen-bond acceptors (Lipinski definition) is 4. The first-order valence-electron chi connectivity index (χ1n) is 3.72. The summed E-state index contributed by atoms with van der Waals surface area (Å²) in [6.45, 7) is 5.29. The van der Waals surface area contributed by atoms with Crippen LogP contribution in [0.15, 0.2) is 12.2 Å². The van der Waals surface area contributed by atoms with Crippen LogP contribution in [0.2, 0.25) is 0 Å². The fraction of sp³-hybridized carbons (Fsp3) is 0.500. The largest absolute Gasteiger partial charge is 0.460 e. The zero-order valence-corrected chi connectivity index (χ0v) is 7.75. The number of esters is 1. The average molecular weight is 189 g/mol. The Morgan fingerprint density at radius 1 is 1.54 bits per heavy atom. The van der Waals surface area contributed by atoms with Crippen LogP contribution in [0.5, 0.6) is 0 Å². The fourth-order valence-corrected chi connectivity index (χ4v) is 0.492. The number of amides is 1. The molecule has 0 saturated heterocycles. The molecule has 0 aliphatic rings. The molecule has 0 saturated carbocycles. The number of hydrogen-bond donors (Lipinski definition) is 1. The molecule has 1 N–H and O–H groups in total. The van der Waals surface area contributed by atoms with Gasteiger partial charge in [0.1, 0.15) is 6.61 Å².